The molecule has 2 amide bonds. The van der Waals surface area contributed by atoms with Gasteiger partial charge in [0.25, 0.3) is 5.91 Å². The first-order valence-corrected chi connectivity index (χ1v) is 8.47. The molecule has 0 aliphatic carbocycles. The molecule has 0 spiro atoms. The average Bonchev–Trinajstić information content (AvgIpc) is 2.59. The van der Waals surface area contributed by atoms with E-state index >= 15 is 0 Å². The van der Waals surface area contributed by atoms with Gasteiger partial charge in [0, 0.05) is 20.2 Å². The molecule has 0 bridgehead atoms. The third-order valence-electron chi connectivity index (χ3n) is 4.28. The number of halogens is 2. The Bertz CT molecular complexity index is 573. The summed E-state index contributed by atoms with van der Waals surface area (Å²) in [5, 5.41) is 9.33. The van der Waals surface area contributed by atoms with Crippen molar-refractivity contribution in [2.45, 2.75) is 12.8 Å². The van der Waals surface area contributed by atoms with Crippen LogP contribution in [0.4, 0.5) is 0 Å². The van der Waals surface area contributed by atoms with E-state index in [0.717, 1.165) is 25.9 Å². The highest BCUT2D eigenvalue weighted by Crippen LogP contribution is 2.29. The Balaban J connectivity index is 0.00000312. The zero-order chi connectivity index (χ0) is 17.4. The average molecular weight is 390 g/mol. The first-order valence-electron chi connectivity index (χ1n) is 8.10. The van der Waals surface area contributed by atoms with Gasteiger partial charge in [-0.2, -0.15) is 0 Å². The van der Waals surface area contributed by atoms with Crippen LogP contribution in [0.3, 0.4) is 0 Å². The maximum atomic E-state index is 12.5. The van der Waals surface area contributed by atoms with E-state index in [1.165, 1.54) is 0 Å². The minimum absolute atomic E-state index is 0. The van der Waals surface area contributed by atoms with E-state index in [1.807, 2.05) is 0 Å². The number of rotatable bonds is 7. The van der Waals surface area contributed by atoms with Crippen LogP contribution in [0, 0.1) is 5.41 Å². The lowest BCUT2D eigenvalue weighted by Crippen LogP contribution is -2.51. The van der Waals surface area contributed by atoms with Gasteiger partial charge in [-0.15, -0.1) is 12.4 Å². The number of methoxy groups -OCH3 is 1. The van der Waals surface area contributed by atoms with Crippen molar-refractivity contribution in [3.05, 3.63) is 34.9 Å². The van der Waals surface area contributed by atoms with Crippen LogP contribution in [0.5, 0.6) is 0 Å². The second kappa shape index (κ2) is 10.6. The third-order valence-corrected chi connectivity index (χ3v) is 4.61. The molecule has 140 valence electrons. The summed E-state index contributed by atoms with van der Waals surface area (Å²) in [5.41, 5.74) is -0.0491. The van der Waals surface area contributed by atoms with Crippen molar-refractivity contribution in [3.63, 3.8) is 0 Å². The van der Waals surface area contributed by atoms with E-state index in [-0.39, 0.29) is 24.2 Å². The number of benzene rings is 1. The molecule has 0 radical (unpaired) electrons. The predicted molar refractivity (Wildman–Crippen MR) is 100 cm³/mol. The van der Waals surface area contributed by atoms with Crippen LogP contribution in [-0.4, -0.2) is 51.7 Å². The second-order valence-corrected chi connectivity index (χ2v) is 6.36. The molecular formula is C17H25Cl2N3O3. The van der Waals surface area contributed by atoms with Crippen molar-refractivity contribution in [2.75, 3.05) is 39.9 Å². The zero-order valence-corrected chi connectivity index (χ0v) is 15.8. The topological polar surface area (TPSA) is 79.5 Å². The van der Waals surface area contributed by atoms with Gasteiger partial charge < -0.3 is 20.7 Å². The zero-order valence-electron chi connectivity index (χ0n) is 14.3. The number of carbonyl (C=O) groups is 2. The van der Waals surface area contributed by atoms with Crippen molar-refractivity contribution < 1.29 is 14.3 Å². The van der Waals surface area contributed by atoms with Crippen LogP contribution in [-0.2, 0) is 9.53 Å². The van der Waals surface area contributed by atoms with Gasteiger partial charge in [-0.3, -0.25) is 9.59 Å². The van der Waals surface area contributed by atoms with Crippen molar-refractivity contribution in [2.24, 2.45) is 5.41 Å². The highest BCUT2D eigenvalue weighted by atomic mass is 35.5. The lowest BCUT2D eigenvalue weighted by Gasteiger charge is -2.35. The maximum Gasteiger partial charge on any atom is 0.252 e. The molecule has 0 unspecified atom stereocenters. The standard InChI is InChI=1S/C17H24ClN3O3.ClH/c1-24-12-17(6-8-19-9-7-17)16(23)21-11-10-20-15(22)13-4-2-3-5-14(13)18;/h2-5,19H,6-12H2,1H3,(H,20,22)(H,21,23);1H. The summed E-state index contributed by atoms with van der Waals surface area (Å²) in [6, 6.07) is 6.87. The highest BCUT2D eigenvalue weighted by Gasteiger charge is 2.39. The number of amides is 2. The molecule has 1 aliphatic rings. The van der Waals surface area contributed by atoms with E-state index in [1.54, 1.807) is 31.4 Å². The Morgan fingerprint density at radius 2 is 1.84 bits per heavy atom. The van der Waals surface area contributed by atoms with Gasteiger partial charge in [-0.1, -0.05) is 23.7 Å². The molecule has 1 saturated heterocycles. The molecule has 1 aromatic carbocycles. The van der Waals surface area contributed by atoms with Gasteiger partial charge in [-0.05, 0) is 38.1 Å². The fraction of sp³-hybridized carbons (Fsp3) is 0.529. The molecule has 8 heteroatoms. The lowest BCUT2D eigenvalue weighted by molar-refractivity contribution is -0.136. The Morgan fingerprint density at radius 1 is 1.20 bits per heavy atom. The smallest absolute Gasteiger partial charge is 0.252 e. The van der Waals surface area contributed by atoms with Crippen LogP contribution < -0.4 is 16.0 Å². The van der Waals surface area contributed by atoms with Crippen molar-refractivity contribution in [1.82, 2.24) is 16.0 Å². The normalized spacial score (nSPS) is 15.8. The number of carbonyl (C=O) groups excluding carboxylic acids is 2. The van der Waals surface area contributed by atoms with Gasteiger partial charge in [0.15, 0.2) is 0 Å². The van der Waals surface area contributed by atoms with E-state index in [2.05, 4.69) is 16.0 Å². The van der Waals surface area contributed by atoms with E-state index in [9.17, 15) is 9.59 Å². The van der Waals surface area contributed by atoms with Gasteiger partial charge in [0.1, 0.15) is 0 Å². The Labute approximate surface area is 159 Å². The summed E-state index contributed by atoms with van der Waals surface area (Å²) < 4.78 is 5.25. The fourth-order valence-corrected chi connectivity index (χ4v) is 3.12. The van der Waals surface area contributed by atoms with Gasteiger partial charge in [0.2, 0.25) is 5.91 Å². The van der Waals surface area contributed by atoms with Crippen LogP contribution in [0.1, 0.15) is 23.2 Å². The van der Waals surface area contributed by atoms with E-state index in [4.69, 9.17) is 16.3 Å². The molecule has 6 nitrogen and oxygen atoms in total. The van der Waals surface area contributed by atoms with Gasteiger partial charge in [0.05, 0.1) is 22.6 Å². The highest BCUT2D eigenvalue weighted by molar-refractivity contribution is 6.33. The Hall–Kier alpha value is -1.34. The number of piperidine rings is 1. The Kier molecular flexibility index (Phi) is 9.21. The summed E-state index contributed by atoms with van der Waals surface area (Å²) in [4.78, 5) is 24.6. The molecule has 0 aromatic heterocycles. The third kappa shape index (κ3) is 5.85. The van der Waals surface area contributed by atoms with Gasteiger partial charge in [-0.25, -0.2) is 0 Å². The van der Waals surface area contributed by atoms with Crippen molar-refractivity contribution >= 4 is 35.8 Å². The number of ether oxygens (including phenoxy) is 1. The predicted octanol–water partition coefficient (Wildman–Crippen LogP) is 1.62. The minimum Gasteiger partial charge on any atom is -0.384 e. The van der Waals surface area contributed by atoms with Crippen LogP contribution in [0.25, 0.3) is 0 Å². The van der Waals surface area contributed by atoms with Crippen molar-refractivity contribution in [1.29, 1.82) is 0 Å². The quantitative estimate of drug-likeness (QED) is 0.619. The summed E-state index contributed by atoms with van der Waals surface area (Å²) in [5.74, 6) is -0.263. The van der Waals surface area contributed by atoms with Crippen LogP contribution in [0.15, 0.2) is 24.3 Å². The fourth-order valence-electron chi connectivity index (χ4n) is 2.90. The lowest BCUT2D eigenvalue weighted by atomic mass is 9.78. The molecule has 0 atom stereocenters. The largest absolute Gasteiger partial charge is 0.384 e. The Morgan fingerprint density at radius 3 is 2.48 bits per heavy atom. The molecule has 3 N–H and O–H groups in total. The summed E-state index contributed by atoms with van der Waals surface area (Å²) in [6.45, 7) is 2.73. The summed E-state index contributed by atoms with van der Waals surface area (Å²) in [6.07, 6.45) is 1.50. The second-order valence-electron chi connectivity index (χ2n) is 5.95. The van der Waals surface area contributed by atoms with Crippen LogP contribution in [0.2, 0.25) is 5.02 Å². The number of nitrogens with one attached hydrogen (secondary N) is 3. The molecule has 1 fully saturated rings. The molecule has 2 rings (SSSR count). The molecular weight excluding hydrogens is 365 g/mol. The number of hydrogen-bond donors (Lipinski definition) is 3. The summed E-state index contributed by atoms with van der Waals surface area (Å²) in [7, 11) is 1.61. The van der Waals surface area contributed by atoms with Gasteiger partial charge >= 0.3 is 0 Å². The first kappa shape index (κ1) is 21.7. The minimum atomic E-state index is -0.479. The van der Waals surface area contributed by atoms with E-state index < -0.39 is 5.41 Å². The number of hydrogen-bond acceptors (Lipinski definition) is 4. The molecule has 0 saturated carbocycles. The van der Waals surface area contributed by atoms with E-state index in [0.29, 0.717) is 30.3 Å². The molecule has 1 heterocycles. The SMILES string of the molecule is COCC1(C(=O)NCCNC(=O)c2ccccc2Cl)CCNCC1.Cl. The first-order chi connectivity index (χ1) is 11.6. The maximum absolute atomic E-state index is 12.5. The van der Waals surface area contributed by atoms with Crippen LogP contribution >= 0.6 is 24.0 Å². The molecule has 25 heavy (non-hydrogen) atoms. The monoisotopic (exact) mass is 389 g/mol. The molecule has 1 aromatic rings. The van der Waals surface area contributed by atoms with Crippen molar-refractivity contribution in [3.8, 4) is 0 Å². The summed E-state index contributed by atoms with van der Waals surface area (Å²) >= 11 is 5.99. The molecule has 1 aliphatic heterocycles.